The van der Waals surface area contributed by atoms with Crippen LogP contribution in [0.25, 0.3) is 0 Å². The molecule has 0 heterocycles. The van der Waals surface area contributed by atoms with E-state index in [0.717, 1.165) is 38.2 Å². The van der Waals surface area contributed by atoms with Gasteiger partial charge in [-0.15, -0.1) is 0 Å². The van der Waals surface area contributed by atoms with E-state index in [1.54, 1.807) is 0 Å². The number of rotatable bonds is 2. The number of carboxylic acid groups (broad SMARTS) is 1. The van der Waals surface area contributed by atoms with E-state index in [1.807, 2.05) is 0 Å². The van der Waals surface area contributed by atoms with Crippen molar-refractivity contribution in [2.75, 3.05) is 0 Å². The van der Waals surface area contributed by atoms with Gasteiger partial charge in [0.15, 0.2) is 11.6 Å². The van der Waals surface area contributed by atoms with E-state index < -0.39 is 23.2 Å². The van der Waals surface area contributed by atoms with Crippen LogP contribution < -0.4 is 0 Å². The predicted molar refractivity (Wildman–Crippen MR) is 59.1 cm³/mol. The Morgan fingerprint density at radius 3 is 2.35 bits per heavy atom. The molecule has 1 aromatic rings. The summed E-state index contributed by atoms with van der Waals surface area (Å²) in [5.41, 5.74) is -0.269. The van der Waals surface area contributed by atoms with Crippen LogP contribution >= 0.6 is 0 Å². The lowest BCUT2D eigenvalue weighted by Crippen LogP contribution is -2.10. The Balaban J connectivity index is 2.36. The SMILES string of the molecule is O=C(O)c1ccc(C2CCCCC2)c(F)c1F. The number of carboxylic acids is 1. The molecule has 2 rings (SSSR count). The van der Waals surface area contributed by atoms with Crippen LogP contribution in [0.1, 0.15) is 53.9 Å². The van der Waals surface area contributed by atoms with Crippen LogP contribution in [0.3, 0.4) is 0 Å². The summed E-state index contributed by atoms with van der Waals surface area (Å²) in [6, 6.07) is 2.57. The van der Waals surface area contributed by atoms with Crippen LogP contribution in [0.4, 0.5) is 8.78 Å². The zero-order chi connectivity index (χ0) is 12.4. The molecule has 1 aliphatic rings. The number of hydrogen-bond acceptors (Lipinski definition) is 1. The van der Waals surface area contributed by atoms with Gasteiger partial charge in [0.25, 0.3) is 0 Å². The fourth-order valence-electron chi connectivity index (χ4n) is 2.46. The Kier molecular flexibility index (Phi) is 3.41. The normalized spacial score (nSPS) is 17.1. The average Bonchev–Trinajstić information content (AvgIpc) is 2.33. The molecule has 0 aromatic heterocycles. The van der Waals surface area contributed by atoms with Crippen molar-refractivity contribution in [2.45, 2.75) is 38.0 Å². The maximum Gasteiger partial charge on any atom is 0.338 e. The van der Waals surface area contributed by atoms with Crippen LogP contribution in [-0.2, 0) is 0 Å². The fraction of sp³-hybridized carbons (Fsp3) is 0.462. The second-order valence-electron chi connectivity index (χ2n) is 4.47. The van der Waals surface area contributed by atoms with Crippen LogP contribution in [-0.4, -0.2) is 11.1 Å². The summed E-state index contributed by atoms with van der Waals surface area (Å²) in [6.07, 6.45) is 4.87. The summed E-state index contributed by atoms with van der Waals surface area (Å²) in [6.45, 7) is 0. The maximum absolute atomic E-state index is 13.8. The van der Waals surface area contributed by atoms with Crippen LogP contribution in [0, 0.1) is 11.6 Å². The van der Waals surface area contributed by atoms with Gasteiger partial charge < -0.3 is 5.11 Å². The van der Waals surface area contributed by atoms with Crippen molar-refractivity contribution in [1.82, 2.24) is 0 Å². The van der Waals surface area contributed by atoms with E-state index in [4.69, 9.17) is 5.11 Å². The summed E-state index contributed by atoms with van der Waals surface area (Å²) in [4.78, 5) is 10.7. The van der Waals surface area contributed by atoms with E-state index in [1.165, 1.54) is 6.07 Å². The summed E-state index contributed by atoms with van der Waals surface area (Å²) in [5, 5.41) is 8.68. The Bertz CT molecular complexity index is 437. The highest BCUT2D eigenvalue weighted by molar-refractivity contribution is 5.88. The molecule has 0 atom stereocenters. The third-order valence-corrected chi connectivity index (χ3v) is 3.39. The molecule has 17 heavy (non-hydrogen) atoms. The number of aromatic carboxylic acids is 1. The van der Waals surface area contributed by atoms with Crippen molar-refractivity contribution in [1.29, 1.82) is 0 Å². The molecule has 0 saturated heterocycles. The van der Waals surface area contributed by atoms with Crippen molar-refractivity contribution in [3.05, 3.63) is 34.9 Å². The van der Waals surface area contributed by atoms with Gasteiger partial charge in [-0.2, -0.15) is 0 Å². The highest BCUT2D eigenvalue weighted by Gasteiger charge is 2.24. The summed E-state index contributed by atoms with van der Waals surface area (Å²) in [7, 11) is 0. The molecule has 92 valence electrons. The van der Waals surface area contributed by atoms with Crippen molar-refractivity contribution >= 4 is 5.97 Å². The zero-order valence-corrected chi connectivity index (χ0v) is 9.38. The lowest BCUT2D eigenvalue weighted by atomic mass is 9.83. The monoisotopic (exact) mass is 240 g/mol. The quantitative estimate of drug-likeness (QED) is 0.855. The fourth-order valence-corrected chi connectivity index (χ4v) is 2.46. The summed E-state index contributed by atoms with van der Waals surface area (Å²) < 4.78 is 27.3. The Labute approximate surface area is 98.3 Å². The predicted octanol–water partition coefficient (Wildman–Crippen LogP) is 3.71. The molecule has 0 radical (unpaired) electrons. The molecule has 0 bridgehead atoms. The third kappa shape index (κ3) is 2.30. The highest BCUT2D eigenvalue weighted by atomic mass is 19.2. The van der Waals surface area contributed by atoms with Gasteiger partial charge in [0.1, 0.15) is 0 Å². The minimum Gasteiger partial charge on any atom is -0.478 e. The maximum atomic E-state index is 13.8. The number of hydrogen-bond donors (Lipinski definition) is 1. The first-order valence-corrected chi connectivity index (χ1v) is 5.82. The van der Waals surface area contributed by atoms with Gasteiger partial charge in [-0.1, -0.05) is 25.3 Å². The highest BCUT2D eigenvalue weighted by Crippen LogP contribution is 2.35. The molecule has 0 unspecified atom stereocenters. The number of benzene rings is 1. The first-order valence-electron chi connectivity index (χ1n) is 5.82. The molecule has 1 fully saturated rings. The van der Waals surface area contributed by atoms with Gasteiger partial charge in [0, 0.05) is 0 Å². The van der Waals surface area contributed by atoms with Crippen LogP contribution in [0.5, 0.6) is 0 Å². The molecule has 1 aromatic carbocycles. The molecule has 2 nitrogen and oxygen atoms in total. The molecule has 1 aliphatic carbocycles. The molecule has 0 amide bonds. The van der Waals surface area contributed by atoms with Gasteiger partial charge in [0.2, 0.25) is 0 Å². The molecule has 0 aliphatic heterocycles. The second kappa shape index (κ2) is 4.82. The second-order valence-corrected chi connectivity index (χ2v) is 4.47. The number of halogens is 2. The zero-order valence-electron chi connectivity index (χ0n) is 9.38. The van der Waals surface area contributed by atoms with Crippen molar-refractivity contribution in [3.8, 4) is 0 Å². The van der Waals surface area contributed by atoms with E-state index in [-0.39, 0.29) is 5.92 Å². The van der Waals surface area contributed by atoms with E-state index in [2.05, 4.69) is 0 Å². The van der Waals surface area contributed by atoms with E-state index in [0.29, 0.717) is 5.56 Å². The van der Waals surface area contributed by atoms with Crippen molar-refractivity contribution in [3.63, 3.8) is 0 Å². The molecule has 0 spiro atoms. The minimum absolute atomic E-state index is 0.0288. The van der Waals surface area contributed by atoms with Gasteiger partial charge in [-0.05, 0) is 30.4 Å². The molecule has 1 saturated carbocycles. The van der Waals surface area contributed by atoms with Crippen molar-refractivity contribution in [2.24, 2.45) is 0 Å². The Hall–Kier alpha value is -1.45. The molecule has 1 N–H and O–H groups in total. The molecule has 4 heteroatoms. The first-order chi connectivity index (χ1) is 8.11. The Morgan fingerprint density at radius 1 is 1.12 bits per heavy atom. The lowest BCUT2D eigenvalue weighted by molar-refractivity contribution is 0.0690. The van der Waals surface area contributed by atoms with Crippen LogP contribution in [0.2, 0.25) is 0 Å². The molecular weight excluding hydrogens is 226 g/mol. The lowest BCUT2D eigenvalue weighted by Gasteiger charge is -2.22. The largest absolute Gasteiger partial charge is 0.478 e. The van der Waals surface area contributed by atoms with Crippen molar-refractivity contribution < 1.29 is 18.7 Å². The van der Waals surface area contributed by atoms with Gasteiger partial charge in [-0.3, -0.25) is 0 Å². The third-order valence-electron chi connectivity index (χ3n) is 3.39. The topological polar surface area (TPSA) is 37.3 Å². The van der Waals surface area contributed by atoms with Crippen LogP contribution in [0.15, 0.2) is 12.1 Å². The summed E-state index contributed by atoms with van der Waals surface area (Å²) in [5.74, 6) is -3.63. The minimum atomic E-state index is -1.43. The average molecular weight is 240 g/mol. The first kappa shape index (κ1) is 12.0. The molecular formula is C13H14F2O2. The van der Waals surface area contributed by atoms with Gasteiger partial charge in [0.05, 0.1) is 5.56 Å². The van der Waals surface area contributed by atoms with E-state index in [9.17, 15) is 13.6 Å². The standard InChI is InChI=1S/C13H14F2O2/c14-11-9(8-4-2-1-3-5-8)6-7-10(12(11)15)13(16)17/h6-8H,1-5H2,(H,16,17). The summed E-state index contributed by atoms with van der Waals surface area (Å²) >= 11 is 0. The smallest absolute Gasteiger partial charge is 0.338 e. The number of carbonyl (C=O) groups is 1. The van der Waals surface area contributed by atoms with Gasteiger partial charge >= 0.3 is 5.97 Å². The van der Waals surface area contributed by atoms with Gasteiger partial charge in [-0.25, -0.2) is 13.6 Å². The van der Waals surface area contributed by atoms with E-state index >= 15 is 0 Å². The Morgan fingerprint density at radius 2 is 1.76 bits per heavy atom.